The molecule has 0 fully saturated rings. The van der Waals surface area contributed by atoms with Crippen LogP contribution in [0.4, 0.5) is 5.69 Å². The molecule has 5 heteroatoms. The molecule has 2 aromatic carbocycles. The Labute approximate surface area is 137 Å². The first-order chi connectivity index (χ1) is 10.8. The number of sulfone groups is 1. The summed E-state index contributed by atoms with van der Waals surface area (Å²) in [6.45, 7) is 5.33. The highest BCUT2D eigenvalue weighted by Crippen LogP contribution is 2.18. The van der Waals surface area contributed by atoms with E-state index in [0.29, 0.717) is 5.69 Å². The Morgan fingerprint density at radius 2 is 1.61 bits per heavy atom. The van der Waals surface area contributed by atoms with Gasteiger partial charge in [-0.3, -0.25) is 4.79 Å². The molecule has 4 nitrogen and oxygen atoms in total. The molecule has 2 rings (SSSR count). The van der Waals surface area contributed by atoms with Gasteiger partial charge in [-0.1, -0.05) is 36.8 Å². The molecule has 0 saturated carbocycles. The van der Waals surface area contributed by atoms with Gasteiger partial charge in [-0.05, 0) is 50.1 Å². The number of carbonyl (C=O) groups excluding carboxylic acids is 1. The van der Waals surface area contributed by atoms with Gasteiger partial charge < -0.3 is 5.32 Å². The fourth-order valence-corrected chi connectivity index (χ4v) is 3.41. The smallest absolute Gasteiger partial charge is 0.242 e. The van der Waals surface area contributed by atoms with Crippen LogP contribution in [0.2, 0.25) is 0 Å². The number of anilines is 1. The third kappa shape index (κ3) is 3.99. The SMILES string of the molecule is CCc1ccc(NC(=O)C(C)S(=O)(=O)c2ccc(C)cc2)cc1. The molecule has 1 atom stereocenters. The zero-order valence-electron chi connectivity index (χ0n) is 13.5. The minimum Gasteiger partial charge on any atom is -0.325 e. The van der Waals surface area contributed by atoms with Crippen LogP contribution in [0.5, 0.6) is 0 Å². The van der Waals surface area contributed by atoms with E-state index in [9.17, 15) is 13.2 Å². The Kier molecular flexibility index (Phi) is 5.21. The molecule has 0 aliphatic carbocycles. The Bertz CT molecular complexity index is 778. The highest BCUT2D eigenvalue weighted by molar-refractivity contribution is 7.92. The molecule has 1 amide bonds. The normalized spacial score (nSPS) is 12.7. The van der Waals surface area contributed by atoms with Crippen LogP contribution in [-0.2, 0) is 21.1 Å². The maximum absolute atomic E-state index is 12.5. The maximum Gasteiger partial charge on any atom is 0.242 e. The summed E-state index contributed by atoms with van der Waals surface area (Å²) in [5.74, 6) is -0.533. The van der Waals surface area contributed by atoms with Gasteiger partial charge in [-0.2, -0.15) is 0 Å². The van der Waals surface area contributed by atoms with Gasteiger partial charge in [0.15, 0.2) is 9.84 Å². The molecule has 122 valence electrons. The van der Waals surface area contributed by atoms with Crippen molar-refractivity contribution in [2.24, 2.45) is 0 Å². The molecule has 1 unspecified atom stereocenters. The molecule has 0 saturated heterocycles. The molecular weight excluding hydrogens is 310 g/mol. The predicted molar refractivity (Wildman–Crippen MR) is 92.3 cm³/mol. The Morgan fingerprint density at radius 3 is 2.13 bits per heavy atom. The van der Waals surface area contributed by atoms with Crippen LogP contribution in [0.3, 0.4) is 0 Å². The van der Waals surface area contributed by atoms with Gasteiger partial charge in [-0.25, -0.2) is 8.42 Å². The van der Waals surface area contributed by atoms with E-state index >= 15 is 0 Å². The highest BCUT2D eigenvalue weighted by Gasteiger charge is 2.29. The van der Waals surface area contributed by atoms with Crippen molar-refractivity contribution in [3.63, 3.8) is 0 Å². The largest absolute Gasteiger partial charge is 0.325 e. The standard InChI is InChI=1S/C18H21NO3S/c1-4-15-7-9-16(10-8-15)19-18(20)14(3)23(21,22)17-11-5-13(2)6-12-17/h5-12,14H,4H2,1-3H3,(H,19,20). The van der Waals surface area contributed by atoms with E-state index < -0.39 is 21.0 Å². The van der Waals surface area contributed by atoms with E-state index in [1.165, 1.54) is 19.1 Å². The molecule has 23 heavy (non-hydrogen) atoms. The summed E-state index contributed by atoms with van der Waals surface area (Å²) in [6.07, 6.45) is 0.909. The second kappa shape index (κ2) is 6.96. The van der Waals surface area contributed by atoms with Crippen LogP contribution in [0.1, 0.15) is 25.0 Å². The van der Waals surface area contributed by atoms with E-state index in [4.69, 9.17) is 0 Å². The van der Waals surface area contributed by atoms with Gasteiger partial charge in [-0.15, -0.1) is 0 Å². The third-order valence-electron chi connectivity index (χ3n) is 3.81. The second-order valence-electron chi connectivity index (χ2n) is 5.54. The van der Waals surface area contributed by atoms with Crippen molar-refractivity contribution in [2.75, 3.05) is 5.32 Å². The average Bonchev–Trinajstić information content (AvgIpc) is 2.55. The van der Waals surface area contributed by atoms with Crippen molar-refractivity contribution in [3.05, 3.63) is 59.7 Å². The maximum atomic E-state index is 12.5. The number of rotatable bonds is 5. The Hall–Kier alpha value is -2.14. The monoisotopic (exact) mass is 331 g/mol. The molecule has 0 heterocycles. The van der Waals surface area contributed by atoms with Crippen LogP contribution in [-0.4, -0.2) is 19.6 Å². The molecular formula is C18H21NO3S. The van der Waals surface area contributed by atoms with E-state index in [1.807, 2.05) is 26.0 Å². The topological polar surface area (TPSA) is 63.2 Å². The van der Waals surface area contributed by atoms with E-state index in [-0.39, 0.29) is 4.90 Å². The molecule has 2 aromatic rings. The van der Waals surface area contributed by atoms with Crippen LogP contribution in [0, 0.1) is 6.92 Å². The van der Waals surface area contributed by atoms with E-state index in [0.717, 1.165) is 17.5 Å². The first kappa shape index (κ1) is 17.2. The van der Waals surface area contributed by atoms with Gasteiger partial charge in [0, 0.05) is 5.69 Å². The lowest BCUT2D eigenvalue weighted by Gasteiger charge is -2.14. The summed E-state index contributed by atoms with van der Waals surface area (Å²) in [5, 5.41) is 1.51. The number of hydrogen-bond donors (Lipinski definition) is 1. The van der Waals surface area contributed by atoms with Crippen molar-refractivity contribution in [3.8, 4) is 0 Å². The Balaban J connectivity index is 2.15. The molecule has 1 N–H and O–H groups in total. The molecule has 0 radical (unpaired) electrons. The summed E-state index contributed by atoms with van der Waals surface area (Å²) in [5.41, 5.74) is 2.72. The van der Waals surface area contributed by atoms with Crippen LogP contribution in [0.25, 0.3) is 0 Å². The minimum atomic E-state index is -3.70. The van der Waals surface area contributed by atoms with Crippen molar-refractivity contribution in [2.45, 2.75) is 37.3 Å². The molecule has 0 bridgehead atoms. The lowest BCUT2D eigenvalue weighted by molar-refractivity contribution is -0.115. The highest BCUT2D eigenvalue weighted by atomic mass is 32.2. The molecule has 0 aliphatic rings. The number of benzene rings is 2. The van der Waals surface area contributed by atoms with Crippen molar-refractivity contribution in [1.82, 2.24) is 0 Å². The Morgan fingerprint density at radius 1 is 1.04 bits per heavy atom. The second-order valence-corrected chi connectivity index (χ2v) is 7.81. The van der Waals surface area contributed by atoms with Gasteiger partial charge in [0.25, 0.3) is 0 Å². The number of carbonyl (C=O) groups is 1. The zero-order valence-corrected chi connectivity index (χ0v) is 14.4. The van der Waals surface area contributed by atoms with E-state index in [2.05, 4.69) is 5.32 Å². The lowest BCUT2D eigenvalue weighted by Crippen LogP contribution is -2.32. The van der Waals surface area contributed by atoms with Gasteiger partial charge >= 0.3 is 0 Å². The van der Waals surface area contributed by atoms with Crippen molar-refractivity contribution >= 4 is 21.4 Å². The van der Waals surface area contributed by atoms with E-state index in [1.54, 1.807) is 24.3 Å². The van der Waals surface area contributed by atoms with Crippen LogP contribution < -0.4 is 5.32 Å². The quantitative estimate of drug-likeness (QED) is 0.914. The summed E-state index contributed by atoms with van der Waals surface area (Å²) in [6, 6.07) is 13.9. The van der Waals surface area contributed by atoms with Crippen molar-refractivity contribution < 1.29 is 13.2 Å². The predicted octanol–water partition coefficient (Wildman–Crippen LogP) is 3.36. The number of aryl methyl sites for hydroxylation is 2. The summed E-state index contributed by atoms with van der Waals surface area (Å²) in [4.78, 5) is 12.4. The fourth-order valence-electron chi connectivity index (χ4n) is 2.14. The summed E-state index contributed by atoms with van der Waals surface area (Å²) >= 11 is 0. The molecule has 0 aliphatic heterocycles. The lowest BCUT2D eigenvalue weighted by atomic mass is 10.1. The third-order valence-corrected chi connectivity index (χ3v) is 5.89. The first-order valence-corrected chi connectivity index (χ1v) is 9.09. The van der Waals surface area contributed by atoms with Gasteiger partial charge in [0.1, 0.15) is 5.25 Å². The molecule has 0 aromatic heterocycles. The van der Waals surface area contributed by atoms with Gasteiger partial charge in [0.2, 0.25) is 5.91 Å². The average molecular weight is 331 g/mol. The van der Waals surface area contributed by atoms with Crippen LogP contribution >= 0.6 is 0 Å². The summed E-state index contributed by atoms with van der Waals surface area (Å²) < 4.78 is 25.0. The number of amides is 1. The zero-order chi connectivity index (χ0) is 17.0. The number of nitrogens with one attached hydrogen (secondary N) is 1. The van der Waals surface area contributed by atoms with Gasteiger partial charge in [0.05, 0.1) is 4.90 Å². The first-order valence-electron chi connectivity index (χ1n) is 7.55. The minimum absolute atomic E-state index is 0.159. The van der Waals surface area contributed by atoms with Crippen LogP contribution in [0.15, 0.2) is 53.4 Å². The fraction of sp³-hybridized carbons (Fsp3) is 0.278. The number of hydrogen-bond acceptors (Lipinski definition) is 3. The molecule has 0 spiro atoms. The van der Waals surface area contributed by atoms with Crippen molar-refractivity contribution in [1.29, 1.82) is 0 Å². The summed E-state index contributed by atoms with van der Waals surface area (Å²) in [7, 11) is -3.70.